The van der Waals surface area contributed by atoms with Crippen molar-refractivity contribution in [2.24, 2.45) is 5.41 Å². The Labute approximate surface area is 126 Å². The molecule has 1 aromatic carbocycles. The van der Waals surface area contributed by atoms with Gasteiger partial charge in [-0.2, -0.15) is 0 Å². The second-order valence-corrected chi connectivity index (χ2v) is 7.35. The van der Waals surface area contributed by atoms with E-state index in [-0.39, 0.29) is 0 Å². The molecule has 3 heteroatoms. The van der Waals surface area contributed by atoms with Crippen LogP contribution in [0.5, 0.6) is 0 Å². The fourth-order valence-electron chi connectivity index (χ4n) is 3.30. The van der Waals surface area contributed by atoms with Gasteiger partial charge in [-0.15, -0.1) is 0 Å². The number of benzene rings is 1. The summed E-state index contributed by atoms with van der Waals surface area (Å²) in [6.07, 6.45) is 6.00. The van der Waals surface area contributed by atoms with Crippen LogP contribution in [0.25, 0.3) is 10.9 Å². The quantitative estimate of drug-likeness (QED) is 0.804. The number of hydrogen-bond donors (Lipinski definition) is 3. The van der Waals surface area contributed by atoms with Crippen molar-refractivity contribution in [1.82, 2.24) is 10.3 Å². The van der Waals surface area contributed by atoms with Crippen molar-refractivity contribution in [3.05, 3.63) is 36.0 Å². The predicted octanol–water partition coefficient (Wildman–Crippen LogP) is 3.59. The molecule has 3 rings (SSSR count). The van der Waals surface area contributed by atoms with E-state index in [1.54, 1.807) is 0 Å². The molecule has 0 amide bonds. The summed E-state index contributed by atoms with van der Waals surface area (Å²) in [5.41, 5.74) is 2.32. The Kier molecular flexibility index (Phi) is 3.80. The third-order valence-corrected chi connectivity index (χ3v) is 4.98. The van der Waals surface area contributed by atoms with Crippen LogP contribution >= 0.6 is 0 Å². The molecule has 3 N–H and O–H groups in total. The van der Waals surface area contributed by atoms with E-state index in [1.165, 1.54) is 16.5 Å². The fourth-order valence-corrected chi connectivity index (χ4v) is 3.30. The van der Waals surface area contributed by atoms with Gasteiger partial charge < -0.3 is 15.4 Å². The number of hydrogen-bond acceptors (Lipinski definition) is 2. The van der Waals surface area contributed by atoms with E-state index >= 15 is 0 Å². The highest BCUT2D eigenvalue weighted by atomic mass is 16.3. The van der Waals surface area contributed by atoms with Gasteiger partial charge in [-0.1, -0.05) is 32.0 Å². The minimum absolute atomic E-state index is 0.391. The zero-order valence-corrected chi connectivity index (χ0v) is 13.1. The lowest BCUT2D eigenvalue weighted by Crippen LogP contribution is -2.44. The number of aromatic amines is 1. The molecule has 0 radical (unpaired) electrons. The van der Waals surface area contributed by atoms with E-state index in [4.69, 9.17) is 0 Å². The average molecular weight is 286 g/mol. The van der Waals surface area contributed by atoms with Gasteiger partial charge >= 0.3 is 0 Å². The average Bonchev–Trinajstić information content (AvgIpc) is 2.92. The molecule has 1 aliphatic carbocycles. The Balaban J connectivity index is 1.58. The second kappa shape index (κ2) is 5.47. The Morgan fingerprint density at radius 3 is 2.67 bits per heavy atom. The van der Waals surface area contributed by atoms with Gasteiger partial charge in [-0.05, 0) is 48.1 Å². The Hall–Kier alpha value is -1.32. The summed E-state index contributed by atoms with van der Waals surface area (Å²) in [5, 5.41) is 15.4. The van der Waals surface area contributed by atoms with Gasteiger partial charge in [0.05, 0.1) is 5.60 Å². The standard InChI is InChI=1S/C18H26N2O/c1-17(2)7-9-18(21,10-8-17)13-19-12-15-5-3-4-14-6-11-20-16(14)15/h3-6,11,19-21H,7-10,12-13H2,1-2H3. The maximum absolute atomic E-state index is 10.7. The lowest BCUT2D eigenvalue weighted by atomic mass is 9.71. The molecule has 3 nitrogen and oxygen atoms in total. The summed E-state index contributed by atoms with van der Waals surface area (Å²) in [6.45, 7) is 6.07. The van der Waals surface area contributed by atoms with Gasteiger partial charge in [0.15, 0.2) is 0 Å². The molecule has 0 saturated heterocycles. The molecular weight excluding hydrogens is 260 g/mol. The topological polar surface area (TPSA) is 48.0 Å². The van der Waals surface area contributed by atoms with Crippen LogP contribution in [-0.2, 0) is 6.54 Å². The van der Waals surface area contributed by atoms with E-state index in [2.05, 4.69) is 48.4 Å². The maximum atomic E-state index is 10.7. The molecular formula is C18H26N2O. The summed E-state index contributed by atoms with van der Waals surface area (Å²) in [5.74, 6) is 0. The van der Waals surface area contributed by atoms with E-state index < -0.39 is 5.60 Å². The molecule has 0 unspecified atom stereocenters. The first-order valence-electron chi connectivity index (χ1n) is 7.96. The molecule has 0 aliphatic heterocycles. The highest BCUT2D eigenvalue weighted by Crippen LogP contribution is 2.39. The van der Waals surface area contributed by atoms with Crippen LogP contribution < -0.4 is 5.32 Å². The highest BCUT2D eigenvalue weighted by Gasteiger charge is 2.36. The number of H-pyrrole nitrogens is 1. The first kappa shape index (κ1) is 14.6. The van der Waals surface area contributed by atoms with Crippen molar-refractivity contribution >= 4 is 10.9 Å². The Bertz CT molecular complexity index is 604. The highest BCUT2D eigenvalue weighted by molar-refractivity contribution is 5.82. The molecule has 0 bridgehead atoms. The van der Waals surface area contributed by atoms with Gasteiger partial charge in [0.25, 0.3) is 0 Å². The summed E-state index contributed by atoms with van der Waals surface area (Å²) in [7, 11) is 0. The van der Waals surface area contributed by atoms with E-state index in [0.717, 1.165) is 32.2 Å². The SMILES string of the molecule is CC1(C)CCC(O)(CNCc2cccc3cc[nH]c23)CC1. The molecule has 1 heterocycles. The molecule has 1 saturated carbocycles. The number of rotatable bonds is 4. The van der Waals surface area contributed by atoms with E-state index in [0.29, 0.717) is 12.0 Å². The van der Waals surface area contributed by atoms with Crippen molar-refractivity contribution in [2.75, 3.05) is 6.54 Å². The number of para-hydroxylation sites is 1. The predicted molar refractivity (Wildman–Crippen MR) is 87.2 cm³/mol. The molecule has 114 valence electrons. The Morgan fingerprint density at radius 2 is 1.90 bits per heavy atom. The van der Waals surface area contributed by atoms with Crippen LogP contribution in [-0.4, -0.2) is 22.2 Å². The Morgan fingerprint density at radius 1 is 1.14 bits per heavy atom. The lowest BCUT2D eigenvalue weighted by Gasteiger charge is -2.40. The van der Waals surface area contributed by atoms with Crippen LogP contribution in [0.15, 0.2) is 30.5 Å². The number of fused-ring (bicyclic) bond motifs is 1. The summed E-state index contributed by atoms with van der Waals surface area (Å²) >= 11 is 0. The van der Waals surface area contributed by atoms with Crippen molar-refractivity contribution in [2.45, 2.75) is 51.7 Å². The minimum atomic E-state index is -0.529. The van der Waals surface area contributed by atoms with E-state index in [9.17, 15) is 5.11 Å². The first-order valence-corrected chi connectivity index (χ1v) is 7.96. The van der Waals surface area contributed by atoms with Gasteiger partial charge in [0, 0.05) is 24.8 Å². The third kappa shape index (κ3) is 3.30. The molecule has 2 aromatic rings. The fraction of sp³-hybridized carbons (Fsp3) is 0.556. The third-order valence-electron chi connectivity index (χ3n) is 4.98. The van der Waals surface area contributed by atoms with Crippen LogP contribution in [0.1, 0.15) is 45.1 Å². The second-order valence-electron chi connectivity index (χ2n) is 7.35. The van der Waals surface area contributed by atoms with Crippen LogP contribution in [0, 0.1) is 5.41 Å². The molecule has 1 aromatic heterocycles. The van der Waals surface area contributed by atoms with Crippen LogP contribution in [0.2, 0.25) is 0 Å². The molecule has 21 heavy (non-hydrogen) atoms. The number of nitrogens with one attached hydrogen (secondary N) is 2. The zero-order valence-electron chi connectivity index (χ0n) is 13.1. The minimum Gasteiger partial charge on any atom is -0.389 e. The largest absolute Gasteiger partial charge is 0.389 e. The first-order chi connectivity index (χ1) is 9.98. The van der Waals surface area contributed by atoms with Crippen molar-refractivity contribution in [3.63, 3.8) is 0 Å². The number of aromatic nitrogens is 1. The molecule has 0 atom stereocenters. The maximum Gasteiger partial charge on any atom is 0.0772 e. The number of aliphatic hydroxyl groups is 1. The molecule has 0 spiro atoms. The summed E-state index contributed by atoms with van der Waals surface area (Å²) < 4.78 is 0. The summed E-state index contributed by atoms with van der Waals surface area (Å²) in [4.78, 5) is 3.29. The van der Waals surface area contributed by atoms with Gasteiger partial charge in [0.2, 0.25) is 0 Å². The van der Waals surface area contributed by atoms with Crippen LogP contribution in [0.3, 0.4) is 0 Å². The van der Waals surface area contributed by atoms with Crippen molar-refractivity contribution < 1.29 is 5.11 Å². The monoisotopic (exact) mass is 286 g/mol. The van der Waals surface area contributed by atoms with Crippen molar-refractivity contribution in [3.8, 4) is 0 Å². The van der Waals surface area contributed by atoms with Gasteiger partial charge in [0.1, 0.15) is 0 Å². The normalized spacial score (nSPS) is 20.7. The molecule has 1 fully saturated rings. The lowest BCUT2D eigenvalue weighted by molar-refractivity contribution is -0.0244. The van der Waals surface area contributed by atoms with E-state index in [1.807, 2.05) is 6.20 Å². The van der Waals surface area contributed by atoms with Crippen molar-refractivity contribution in [1.29, 1.82) is 0 Å². The zero-order chi connectivity index (χ0) is 14.9. The van der Waals surface area contributed by atoms with Gasteiger partial charge in [-0.3, -0.25) is 0 Å². The smallest absolute Gasteiger partial charge is 0.0772 e. The van der Waals surface area contributed by atoms with Crippen LogP contribution in [0.4, 0.5) is 0 Å². The summed E-state index contributed by atoms with van der Waals surface area (Å²) in [6, 6.07) is 8.44. The molecule has 1 aliphatic rings. The van der Waals surface area contributed by atoms with Gasteiger partial charge in [-0.25, -0.2) is 0 Å².